The Hall–Kier alpha value is -0.770. The smallest absolute Gasteiger partial charge is 0.101 e. The summed E-state index contributed by atoms with van der Waals surface area (Å²) in [5, 5.41) is 16.5. The van der Waals surface area contributed by atoms with E-state index >= 15 is 0 Å². The summed E-state index contributed by atoms with van der Waals surface area (Å²) in [7, 11) is 0. The third-order valence-corrected chi connectivity index (χ3v) is 1.55. The van der Waals surface area contributed by atoms with Crippen molar-refractivity contribution in [3.63, 3.8) is 0 Å². The van der Waals surface area contributed by atoms with E-state index in [-0.39, 0.29) is 5.57 Å². The summed E-state index contributed by atoms with van der Waals surface area (Å²) in [6, 6.07) is 3.56. The van der Waals surface area contributed by atoms with E-state index in [9.17, 15) is 0 Å². The van der Waals surface area contributed by atoms with Gasteiger partial charge >= 0.3 is 0 Å². The highest BCUT2D eigenvalue weighted by Gasteiger charge is 1.97. The van der Waals surface area contributed by atoms with Gasteiger partial charge in [0, 0.05) is 16.1 Å². The second kappa shape index (κ2) is 5.05. The molecule has 0 aliphatic heterocycles. The Morgan fingerprint density at radius 2 is 2.10 bits per heavy atom. The molecule has 0 unspecified atom stereocenters. The Morgan fingerprint density at radius 3 is 2.40 bits per heavy atom. The van der Waals surface area contributed by atoms with Gasteiger partial charge in [-0.2, -0.15) is 10.5 Å². The zero-order valence-corrected chi connectivity index (χ0v) is 7.15. The fourth-order valence-electron chi connectivity index (χ4n) is 0.264. The quantitative estimate of drug-likeness (QED) is 0.500. The van der Waals surface area contributed by atoms with Gasteiger partial charge in [-0.15, -0.1) is 0 Å². The predicted octanol–water partition coefficient (Wildman–Crippen LogP) is 2.44. The van der Waals surface area contributed by atoms with Crippen LogP contribution in [0, 0.1) is 22.7 Å². The minimum atomic E-state index is 0.239. The lowest BCUT2D eigenvalue weighted by Gasteiger charge is -1.87. The van der Waals surface area contributed by atoms with Crippen LogP contribution in [0.1, 0.15) is 0 Å². The van der Waals surface area contributed by atoms with Crippen LogP contribution in [-0.4, -0.2) is 0 Å². The first-order valence-corrected chi connectivity index (χ1v) is 3.45. The van der Waals surface area contributed by atoms with Crippen molar-refractivity contribution < 1.29 is 0 Å². The Bertz CT molecular complexity index is 254. The van der Waals surface area contributed by atoms with Crippen molar-refractivity contribution in [2.24, 2.45) is 0 Å². The van der Waals surface area contributed by atoms with Crippen LogP contribution in [0.3, 0.4) is 0 Å². The zero-order valence-electron chi connectivity index (χ0n) is 4.81. The van der Waals surface area contributed by atoms with Crippen LogP contribution in [0.25, 0.3) is 0 Å². The van der Waals surface area contributed by atoms with Crippen LogP contribution in [-0.2, 0) is 0 Å². The van der Waals surface area contributed by atoms with E-state index in [1.807, 2.05) is 0 Å². The highest BCUT2D eigenvalue weighted by atomic mass is 79.9. The van der Waals surface area contributed by atoms with Crippen LogP contribution in [0.15, 0.2) is 21.7 Å². The van der Waals surface area contributed by atoms with Crippen LogP contribution in [0.5, 0.6) is 0 Å². The third kappa shape index (κ3) is 2.68. The maximum atomic E-state index is 8.34. The van der Waals surface area contributed by atoms with Gasteiger partial charge < -0.3 is 0 Å². The van der Waals surface area contributed by atoms with E-state index in [0.717, 1.165) is 5.54 Å². The van der Waals surface area contributed by atoms with Gasteiger partial charge in [0.15, 0.2) is 0 Å². The summed E-state index contributed by atoms with van der Waals surface area (Å²) in [4.78, 5) is 0. The molecule has 0 fully saturated rings. The fraction of sp³-hybridized carbons (Fsp3) is 0. The topological polar surface area (TPSA) is 47.6 Å². The Balaban J connectivity index is 4.56. The van der Waals surface area contributed by atoms with E-state index in [2.05, 4.69) is 15.9 Å². The first-order chi connectivity index (χ1) is 4.76. The second-order valence-electron chi connectivity index (χ2n) is 1.26. The Kier molecular flexibility index (Phi) is 4.66. The van der Waals surface area contributed by atoms with E-state index < -0.39 is 0 Å². The molecule has 2 nitrogen and oxygen atoms in total. The van der Waals surface area contributed by atoms with E-state index in [1.54, 1.807) is 12.1 Å². The molecule has 0 atom stereocenters. The monoisotopic (exact) mass is 216 g/mol. The van der Waals surface area contributed by atoms with Crippen molar-refractivity contribution in [3.8, 4) is 12.1 Å². The summed E-state index contributed by atoms with van der Waals surface area (Å²) in [6.07, 6.45) is 1.19. The van der Waals surface area contributed by atoms with Gasteiger partial charge in [0.25, 0.3) is 0 Å². The van der Waals surface area contributed by atoms with Gasteiger partial charge in [0.05, 0.1) is 11.6 Å². The lowest BCUT2D eigenvalue weighted by atomic mass is 10.3. The number of nitrogens with zero attached hydrogens (tertiary/aromatic N) is 2. The van der Waals surface area contributed by atoms with Crippen molar-refractivity contribution >= 4 is 27.5 Å². The molecule has 4 heteroatoms. The molecule has 0 aromatic rings. The maximum Gasteiger partial charge on any atom is 0.101 e. The van der Waals surface area contributed by atoms with Crippen molar-refractivity contribution in [2.45, 2.75) is 0 Å². The van der Waals surface area contributed by atoms with Crippen molar-refractivity contribution in [2.75, 3.05) is 0 Å². The molecule has 0 rings (SSSR count). The van der Waals surface area contributed by atoms with E-state index in [0.29, 0.717) is 4.48 Å². The number of allylic oxidation sites excluding steroid dienone is 3. The van der Waals surface area contributed by atoms with Gasteiger partial charge in [-0.1, -0.05) is 11.6 Å². The number of hydrogen-bond donors (Lipinski definition) is 0. The fourth-order valence-corrected chi connectivity index (χ4v) is 0.868. The van der Waals surface area contributed by atoms with Gasteiger partial charge in [-0.3, -0.25) is 0 Å². The van der Waals surface area contributed by atoms with Crippen LogP contribution in [0.4, 0.5) is 0 Å². The zero-order chi connectivity index (χ0) is 7.98. The van der Waals surface area contributed by atoms with Gasteiger partial charge in [0.2, 0.25) is 0 Å². The van der Waals surface area contributed by atoms with Gasteiger partial charge in [-0.25, -0.2) is 0 Å². The summed E-state index contributed by atoms with van der Waals surface area (Å²) < 4.78 is 0.396. The average molecular weight is 217 g/mol. The molecule has 0 N–H and O–H groups in total. The second-order valence-corrected chi connectivity index (χ2v) is 2.33. The van der Waals surface area contributed by atoms with Gasteiger partial charge in [0.1, 0.15) is 6.07 Å². The molecule has 0 aromatic heterocycles. The third-order valence-electron chi connectivity index (χ3n) is 0.678. The number of hydrogen-bond acceptors (Lipinski definition) is 2. The summed E-state index contributed by atoms with van der Waals surface area (Å²) in [6.45, 7) is 0. The number of halogens is 2. The molecule has 0 aliphatic rings. The Labute approximate surface area is 72.1 Å². The highest BCUT2D eigenvalue weighted by molar-refractivity contribution is 9.12. The summed E-state index contributed by atoms with van der Waals surface area (Å²) >= 11 is 8.22. The molecule has 0 saturated heterocycles. The molecule has 50 valence electrons. The number of rotatable bonds is 1. The van der Waals surface area contributed by atoms with Gasteiger partial charge in [-0.05, 0) is 15.9 Å². The van der Waals surface area contributed by atoms with Crippen molar-refractivity contribution in [3.05, 3.63) is 21.7 Å². The molecule has 10 heavy (non-hydrogen) atoms. The Morgan fingerprint density at radius 1 is 1.50 bits per heavy atom. The molecule has 0 amide bonds. The van der Waals surface area contributed by atoms with Crippen molar-refractivity contribution in [1.29, 1.82) is 10.5 Å². The van der Waals surface area contributed by atoms with E-state index in [1.165, 1.54) is 6.08 Å². The molecule has 0 aromatic carbocycles. The van der Waals surface area contributed by atoms with Crippen LogP contribution >= 0.6 is 27.5 Å². The standard InChI is InChI=1S/C6H2BrClN2/c7-6(1-2-9)5(3-8)4-10/h1,3H. The van der Waals surface area contributed by atoms with Crippen LogP contribution in [0.2, 0.25) is 0 Å². The SMILES string of the molecule is N#CC=C(Br)C(C#N)=CCl. The molecule has 0 spiro atoms. The first kappa shape index (κ1) is 9.23. The number of nitriles is 2. The van der Waals surface area contributed by atoms with Crippen molar-refractivity contribution in [1.82, 2.24) is 0 Å². The van der Waals surface area contributed by atoms with E-state index in [4.69, 9.17) is 22.1 Å². The highest BCUT2D eigenvalue weighted by Crippen LogP contribution is 2.16. The molecule has 0 heterocycles. The molecule has 0 aliphatic carbocycles. The molecule has 0 bridgehead atoms. The minimum Gasteiger partial charge on any atom is -0.193 e. The predicted molar refractivity (Wildman–Crippen MR) is 42.2 cm³/mol. The molecular weight excluding hydrogens is 215 g/mol. The maximum absolute atomic E-state index is 8.34. The summed E-state index contributed by atoms with van der Waals surface area (Å²) in [5.74, 6) is 0. The largest absolute Gasteiger partial charge is 0.193 e. The molecule has 0 saturated carbocycles. The lowest BCUT2D eigenvalue weighted by molar-refractivity contribution is 1.49. The average Bonchev–Trinajstić information content (AvgIpc) is 1.91. The molecule has 0 radical (unpaired) electrons. The normalized spacial score (nSPS) is 12.0. The molecular formula is C6H2BrClN2. The lowest BCUT2D eigenvalue weighted by Crippen LogP contribution is -1.74. The minimum absolute atomic E-state index is 0.239. The van der Waals surface area contributed by atoms with Crippen LogP contribution < -0.4 is 0 Å². The summed E-state index contributed by atoms with van der Waals surface area (Å²) in [5.41, 5.74) is 1.35. The first-order valence-electron chi connectivity index (χ1n) is 2.22.